The molecular weight excluding hydrogens is 200 g/mol. The van der Waals surface area contributed by atoms with E-state index in [1.165, 1.54) is 6.08 Å². The van der Waals surface area contributed by atoms with Gasteiger partial charge in [0.25, 0.3) is 0 Å². The van der Waals surface area contributed by atoms with Crippen molar-refractivity contribution in [3.63, 3.8) is 0 Å². The molecular formula is C9H18N2O2S. The van der Waals surface area contributed by atoms with Crippen LogP contribution in [0, 0.1) is 0 Å². The molecule has 1 heterocycles. The summed E-state index contributed by atoms with van der Waals surface area (Å²) in [7, 11) is -1.23. The minimum Gasteiger partial charge on any atom is -0.316 e. The van der Waals surface area contributed by atoms with E-state index in [1.54, 1.807) is 4.31 Å². The van der Waals surface area contributed by atoms with E-state index in [1.807, 2.05) is 7.05 Å². The van der Waals surface area contributed by atoms with Crippen molar-refractivity contribution < 1.29 is 8.42 Å². The molecule has 14 heavy (non-hydrogen) atoms. The van der Waals surface area contributed by atoms with Gasteiger partial charge in [-0.05, 0) is 19.9 Å². The number of piperidine rings is 1. The van der Waals surface area contributed by atoms with Crippen LogP contribution in [-0.2, 0) is 10.0 Å². The molecule has 0 aromatic heterocycles. The largest absolute Gasteiger partial charge is 0.316 e. The number of hydrogen-bond acceptors (Lipinski definition) is 3. The molecule has 82 valence electrons. The van der Waals surface area contributed by atoms with Crippen LogP contribution in [0.5, 0.6) is 0 Å². The highest BCUT2D eigenvalue weighted by atomic mass is 32.2. The molecule has 1 saturated heterocycles. The van der Waals surface area contributed by atoms with Gasteiger partial charge in [-0.2, -0.15) is 0 Å². The maximum absolute atomic E-state index is 11.7. The molecule has 0 amide bonds. The fourth-order valence-electron chi connectivity index (χ4n) is 1.69. The van der Waals surface area contributed by atoms with Crippen LogP contribution in [0.25, 0.3) is 0 Å². The first-order valence-corrected chi connectivity index (χ1v) is 6.47. The van der Waals surface area contributed by atoms with Gasteiger partial charge in [0.1, 0.15) is 0 Å². The number of likely N-dealkylation sites (N-methyl/N-ethyl adjacent to an activating group) is 1. The molecule has 1 N–H and O–H groups in total. The topological polar surface area (TPSA) is 49.4 Å². The van der Waals surface area contributed by atoms with Crippen molar-refractivity contribution >= 4 is 10.0 Å². The molecule has 1 aliphatic rings. The van der Waals surface area contributed by atoms with E-state index >= 15 is 0 Å². The zero-order valence-electron chi connectivity index (χ0n) is 8.57. The molecule has 0 saturated carbocycles. The molecule has 0 aromatic carbocycles. The summed E-state index contributed by atoms with van der Waals surface area (Å²) in [6.07, 6.45) is 3.43. The summed E-state index contributed by atoms with van der Waals surface area (Å²) in [4.78, 5) is 0. The summed E-state index contributed by atoms with van der Waals surface area (Å²) in [6, 6.07) is 0.295. The predicted molar refractivity (Wildman–Crippen MR) is 57.6 cm³/mol. The lowest BCUT2D eigenvalue weighted by molar-refractivity contribution is 0.293. The van der Waals surface area contributed by atoms with Crippen LogP contribution in [0.3, 0.4) is 0 Å². The SMILES string of the molecule is C=CCS(=O)(=O)N1CCCC(NC)C1. The minimum atomic E-state index is -3.10. The van der Waals surface area contributed by atoms with Crippen LogP contribution in [-0.4, -0.2) is 44.7 Å². The zero-order valence-corrected chi connectivity index (χ0v) is 9.39. The van der Waals surface area contributed by atoms with Crippen molar-refractivity contribution in [2.45, 2.75) is 18.9 Å². The van der Waals surface area contributed by atoms with E-state index in [-0.39, 0.29) is 5.75 Å². The predicted octanol–water partition coefficient (Wildman–Crippen LogP) is 0.186. The molecule has 5 heteroatoms. The van der Waals surface area contributed by atoms with E-state index in [2.05, 4.69) is 11.9 Å². The van der Waals surface area contributed by atoms with Crippen LogP contribution in [0.4, 0.5) is 0 Å². The van der Waals surface area contributed by atoms with Gasteiger partial charge in [-0.1, -0.05) is 6.08 Å². The summed E-state index contributed by atoms with van der Waals surface area (Å²) < 4.78 is 24.9. The molecule has 0 radical (unpaired) electrons. The highest BCUT2D eigenvalue weighted by Gasteiger charge is 2.26. The van der Waals surface area contributed by atoms with Gasteiger partial charge in [0, 0.05) is 19.1 Å². The second-order valence-corrected chi connectivity index (χ2v) is 5.57. The first kappa shape index (κ1) is 11.7. The Hall–Kier alpha value is -0.390. The van der Waals surface area contributed by atoms with E-state index < -0.39 is 10.0 Å². The van der Waals surface area contributed by atoms with Crippen LogP contribution < -0.4 is 5.32 Å². The molecule has 1 fully saturated rings. The Balaban J connectivity index is 2.63. The maximum atomic E-state index is 11.7. The quantitative estimate of drug-likeness (QED) is 0.685. The van der Waals surface area contributed by atoms with Crippen molar-refractivity contribution in [2.24, 2.45) is 0 Å². The lowest BCUT2D eigenvalue weighted by Gasteiger charge is -2.31. The van der Waals surface area contributed by atoms with Gasteiger partial charge >= 0.3 is 0 Å². The Labute approximate surface area is 86.0 Å². The van der Waals surface area contributed by atoms with Gasteiger partial charge in [-0.3, -0.25) is 0 Å². The third-order valence-electron chi connectivity index (χ3n) is 2.51. The van der Waals surface area contributed by atoms with E-state index in [0.717, 1.165) is 12.8 Å². The maximum Gasteiger partial charge on any atom is 0.217 e. The number of hydrogen-bond donors (Lipinski definition) is 1. The first-order chi connectivity index (χ1) is 6.60. The highest BCUT2D eigenvalue weighted by molar-refractivity contribution is 7.89. The first-order valence-electron chi connectivity index (χ1n) is 4.86. The monoisotopic (exact) mass is 218 g/mol. The molecule has 1 atom stereocenters. The summed E-state index contributed by atoms with van der Waals surface area (Å²) in [5.74, 6) is 0.0451. The number of sulfonamides is 1. The lowest BCUT2D eigenvalue weighted by Crippen LogP contribution is -2.47. The molecule has 1 rings (SSSR count). The third-order valence-corrected chi connectivity index (χ3v) is 4.29. The van der Waals surface area contributed by atoms with E-state index in [4.69, 9.17) is 0 Å². The standard InChI is InChI=1S/C9H18N2O2S/c1-3-7-14(12,13)11-6-4-5-9(8-11)10-2/h3,9-10H,1,4-8H2,2H3. The average Bonchev–Trinajstić information content (AvgIpc) is 2.18. The van der Waals surface area contributed by atoms with Crippen molar-refractivity contribution in [3.05, 3.63) is 12.7 Å². The number of nitrogens with zero attached hydrogens (tertiary/aromatic N) is 1. The zero-order chi connectivity index (χ0) is 10.6. The second kappa shape index (κ2) is 4.91. The van der Waals surface area contributed by atoms with Gasteiger partial charge in [0.05, 0.1) is 5.75 Å². The molecule has 4 nitrogen and oxygen atoms in total. The molecule has 0 aromatic rings. The van der Waals surface area contributed by atoms with Crippen molar-refractivity contribution in [3.8, 4) is 0 Å². The van der Waals surface area contributed by atoms with Gasteiger partial charge < -0.3 is 5.32 Å². The third kappa shape index (κ3) is 2.80. The summed E-state index contributed by atoms with van der Waals surface area (Å²) in [5.41, 5.74) is 0. The lowest BCUT2D eigenvalue weighted by atomic mass is 10.1. The summed E-state index contributed by atoms with van der Waals surface area (Å²) in [6.45, 7) is 4.70. The average molecular weight is 218 g/mol. The Morgan fingerprint density at radius 3 is 2.93 bits per heavy atom. The van der Waals surface area contributed by atoms with Crippen LogP contribution in [0.15, 0.2) is 12.7 Å². The Bertz CT molecular complexity index is 287. The highest BCUT2D eigenvalue weighted by Crippen LogP contribution is 2.13. The smallest absolute Gasteiger partial charge is 0.217 e. The normalized spacial score (nSPS) is 24.8. The number of rotatable bonds is 4. The van der Waals surface area contributed by atoms with E-state index in [0.29, 0.717) is 19.1 Å². The van der Waals surface area contributed by atoms with Gasteiger partial charge in [-0.15, -0.1) is 6.58 Å². The van der Waals surface area contributed by atoms with Gasteiger partial charge in [-0.25, -0.2) is 12.7 Å². The van der Waals surface area contributed by atoms with Crippen molar-refractivity contribution in [1.82, 2.24) is 9.62 Å². The second-order valence-electron chi connectivity index (χ2n) is 3.55. The Morgan fingerprint density at radius 1 is 1.64 bits per heavy atom. The van der Waals surface area contributed by atoms with Crippen LogP contribution >= 0.6 is 0 Å². The van der Waals surface area contributed by atoms with Gasteiger partial charge in [0.2, 0.25) is 10.0 Å². The van der Waals surface area contributed by atoms with Crippen molar-refractivity contribution in [2.75, 3.05) is 25.9 Å². The Kier molecular flexibility index (Phi) is 4.10. The fourth-order valence-corrected chi connectivity index (χ4v) is 3.01. The van der Waals surface area contributed by atoms with Gasteiger partial charge in [0.15, 0.2) is 0 Å². The van der Waals surface area contributed by atoms with Crippen LogP contribution in [0.2, 0.25) is 0 Å². The Morgan fingerprint density at radius 2 is 2.36 bits per heavy atom. The summed E-state index contributed by atoms with van der Waals surface area (Å²) >= 11 is 0. The van der Waals surface area contributed by atoms with Crippen molar-refractivity contribution in [1.29, 1.82) is 0 Å². The fraction of sp³-hybridized carbons (Fsp3) is 0.778. The van der Waals surface area contributed by atoms with Crippen LogP contribution in [0.1, 0.15) is 12.8 Å². The molecule has 0 bridgehead atoms. The molecule has 0 aliphatic carbocycles. The number of nitrogens with one attached hydrogen (secondary N) is 1. The molecule has 0 spiro atoms. The molecule has 1 aliphatic heterocycles. The van der Waals surface area contributed by atoms with E-state index in [9.17, 15) is 8.42 Å². The molecule has 1 unspecified atom stereocenters. The summed E-state index contributed by atoms with van der Waals surface area (Å²) in [5, 5.41) is 3.12. The minimum absolute atomic E-state index is 0.0451.